The van der Waals surface area contributed by atoms with Gasteiger partial charge in [0.15, 0.2) is 0 Å². The maximum absolute atomic E-state index is 12.5. The molecule has 0 N–H and O–H groups in total. The van der Waals surface area contributed by atoms with Crippen LogP contribution < -0.4 is 4.74 Å². The van der Waals surface area contributed by atoms with Crippen LogP contribution in [0.3, 0.4) is 0 Å². The molecule has 0 spiro atoms. The molecule has 0 aliphatic rings. The Balaban J connectivity index is 3.15. The van der Waals surface area contributed by atoms with Gasteiger partial charge < -0.3 is 4.74 Å². The number of ether oxygens (including phenoxy) is 1. The summed E-state index contributed by atoms with van der Waals surface area (Å²) in [5.41, 5.74) is -1.47. The standard InChI is InChI=1S/C9H4ClF5O2/c10-7(16)5-2-1-4(17-9(13,14)15)3-6(5)8(11)12/h1-3,8H. The van der Waals surface area contributed by atoms with Crippen LogP contribution in [0.5, 0.6) is 5.75 Å². The van der Waals surface area contributed by atoms with E-state index in [1.807, 2.05) is 0 Å². The summed E-state index contributed by atoms with van der Waals surface area (Å²) >= 11 is 5.00. The van der Waals surface area contributed by atoms with Gasteiger partial charge in [0, 0.05) is 11.1 Å². The van der Waals surface area contributed by atoms with Gasteiger partial charge in [-0.2, -0.15) is 0 Å². The predicted molar refractivity (Wildman–Crippen MR) is 48.3 cm³/mol. The lowest BCUT2D eigenvalue weighted by Crippen LogP contribution is -2.17. The van der Waals surface area contributed by atoms with Crippen molar-refractivity contribution in [3.63, 3.8) is 0 Å². The van der Waals surface area contributed by atoms with Crippen LogP contribution in [0, 0.1) is 0 Å². The van der Waals surface area contributed by atoms with Crippen LogP contribution in [-0.2, 0) is 0 Å². The van der Waals surface area contributed by atoms with Crippen molar-refractivity contribution in [2.75, 3.05) is 0 Å². The largest absolute Gasteiger partial charge is 0.573 e. The number of hydrogen-bond donors (Lipinski definition) is 0. The summed E-state index contributed by atoms with van der Waals surface area (Å²) in [4.78, 5) is 10.7. The molecule has 0 heterocycles. The highest BCUT2D eigenvalue weighted by Crippen LogP contribution is 2.30. The van der Waals surface area contributed by atoms with Gasteiger partial charge in [-0.15, -0.1) is 13.2 Å². The van der Waals surface area contributed by atoms with E-state index in [2.05, 4.69) is 4.74 Å². The highest BCUT2D eigenvalue weighted by molar-refractivity contribution is 6.67. The van der Waals surface area contributed by atoms with E-state index in [-0.39, 0.29) is 0 Å². The van der Waals surface area contributed by atoms with E-state index in [1.165, 1.54) is 0 Å². The zero-order valence-electron chi connectivity index (χ0n) is 7.89. The van der Waals surface area contributed by atoms with Crippen molar-refractivity contribution < 1.29 is 31.5 Å². The van der Waals surface area contributed by atoms with Crippen molar-refractivity contribution >= 4 is 16.8 Å². The third kappa shape index (κ3) is 3.85. The Labute approximate surface area is 96.9 Å². The highest BCUT2D eigenvalue weighted by atomic mass is 35.5. The van der Waals surface area contributed by atoms with Crippen LogP contribution in [-0.4, -0.2) is 11.6 Å². The molecule has 0 aliphatic carbocycles. The fourth-order valence-corrected chi connectivity index (χ4v) is 1.27. The molecule has 0 unspecified atom stereocenters. The summed E-state index contributed by atoms with van der Waals surface area (Å²) in [5, 5.41) is -1.18. The Hall–Kier alpha value is -1.37. The highest BCUT2D eigenvalue weighted by Gasteiger charge is 2.31. The van der Waals surface area contributed by atoms with Crippen LogP contribution in [0.15, 0.2) is 18.2 Å². The van der Waals surface area contributed by atoms with Gasteiger partial charge in [-0.05, 0) is 29.8 Å². The fraction of sp³-hybridized carbons (Fsp3) is 0.222. The van der Waals surface area contributed by atoms with Crippen molar-refractivity contribution in [2.24, 2.45) is 0 Å². The summed E-state index contributed by atoms with van der Waals surface area (Å²) in [6, 6.07) is 1.90. The maximum Gasteiger partial charge on any atom is 0.573 e. The molecule has 0 amide bonds. The minimum absolute atomic E-state index is 0.424. The number of carbonyl (C=O) groups excluding carboxylic acids is 1. The number of carbonyl (C=O) groups is 1. The second-order valence-electron chi connectivity index (χ2n) is 2.87. The molecule has 0 bridgehead atoms. The van der Waals surface area contributed by atoms with Crippen molar-refractivity contribution in [2.45, 2.75) is 12.8 Å². The Kier molecular flexibility index (Phi) is 3.92. The Bertz CT molecular complexity index is 430. The van der Waals surface area contributed by atoms with Crippen molar-refractivity contribution in [3.05, 3.63) is 29.3 Å². The van der Waals surface area contributed by atoms with Crippen molar-refractivity contribution in [1.29, 1.82) is 0 Å². The van der Waals surface area contributed by atoms with Gasteiger partial charge in [0.2, 0.25) is 0 Å². The normalized spacial score (nSPS) is 11.7. The maximum atomic E-state index is 12.5. The molecule has 0 saturated carbocycles. The summed E-state index contributed by atoms with van der Waals surface area (Å²) in [7, 11) is 0. The van der Waals surface area contributed by atoms with Gasteiger partial charge in [-0.25, -0.2) is 8.78 Å². The summed E-state index contributed by atoms with van der Waals surface area (Å²) < 4.78 is 63.8. The lowest BCUT2D eigenvalue weighted by molar-refractivity contribution is -0.274. The minimum atomic E-state index is -4.99. The third-order valence-corrected chi connectivity index (χ3v) is 1.91. The second kappa shape index (κ2) is 4.87. The summed E-state index contributed by atoms with van der Waals surface area (Å²) in [6.07, 6.45) is -8.13. The number of hydrogen-bond acceptors (Lipinski definition) is 2. The van der Waals surface area contributed by atoms with E-state index >= 15 is 0 Å². The average molecular weight is 275 g/mol. The molecule has 0 fully saturated rings. The van der Waals surface area contributed by atoms with E-state index in [0.29, 0.717) is 6.07 Å². The molecule has 94 valence electrons. The van der Waals surface area contributed by atoms with Crippen LogP contribution >= 0.6 is 11.6 Å². The molecule has 0 aromatic heterocycles. The van der Waals surface area contributed by atoms with E-state index in [0.717, 1.165) is 12.1 Å². The molecule has 0 aliphatic heterocycles. The molecular formula is C9H4ClF5O2. The quantitative estimate of drug-likeness (QED) is 0.617. The Morgan fingerprint density at radius 3 is 2.29 bits per heavy atom. The van der Waals surface area contributed by atoms with Gasteiger partial charge in [0.1, 0.15) is 5.75 Å². The topological polar surface area (TPSA) is 26.3 Å². The predicted octanol–water partition coefficient (Wildman–Crippen LogP) is 3.90. The SMILES string of the molecule is O=C(Cl)c1ccc(OC(F)(F)F)cc1C(F)F. The molecule has 2 nitrogen and oxygen atoms in total. The van der Waals surface area contributed by atoms with Gasteiger partial charge in [0.25, 0.3) is 11.7 Å². The second-order valence-corrected chi connectivity index (χ2v) is 3.21. The first kappa shape index (κ1) is 13.7. The molecule has 0 radical (unpaired) electrons. The first-order valence-corrected chi connectivity index (χ1v) is 4.46. The number of rotatable bonds is 3. The van der Waals surface area contributed by atoms with E-state index < -0.39 is 34.9 Å². The molecule has 0 saturated heterocycles. The number of halogens is 6. The van der Waals surface area contributed by atoms with Gasteiger partial charge >= 0.3 is 6.36 Å². The smallest absolute Gasteiger partial charge is 0.406 e. The zero-order valence-corrected chi connectivity index (χ0v) is 8.65. The van der Waals surface area contributed by atoms with E-state index in [9.17, 15) is 26.7 Å². The Morgan fingerprint density at radius 1 is 1.29 bits per heavy atom. The van der Waals surface area contributed by atoms with Crippen LogP contribution in [0.1, 0.15) is 22.3 Å². The van der Waals surface area contributed by atoms with Crippen LogP contribution in [0.4, 0.5) is 22.0 Å². The molecule has 1 rings (SSSR count). The first-order valence-electron chi connectivity index (χ1n) is 4.08. The van der Waals surface area contributed by atoms with E-state index in [1.54, 1.807) is 0 Å². The fourth-order valence-electron chi connectivity index (χ4n) is 1.10. The molecule has 1 aromatic rings. The van der Waals surface area contributed by atoms with Gasteiger partial charge in [-0.3, -0.25) is 4.79 Å². The average Bonchev–Trinajstić information content (AvgIpc) is 2.14. The molecular weight excluding hydrogens is 271 g/mol. The third-order valence-electron chi connectivity index (χ3n) is 1.70. The molecule has 17 heavy (non-hydrogen) atoms. The Morgan fingerprint density at radius 2 is 1.88 bits per heavy atom. The van der Waals surface area contributed by atoms with Crippen molar-refractivity contribution in [3.8, 4) is 5.75 Å². The van der Waals surface area contributed by atoms with Crippen LogP contribution in [0.25, 0.3) is 0 Å². The minimum Gasteiger partial charge on any atom is -0.406 e. The summed E-state index contributed by atoms with van der Waals surface area (Å²) in [5.74, 6) is -0.838. The monoisotopic (exact) mass is 274 g/mol. The summed E-state index contributed by atoms with van der Waals surface area (Å²) in [6.45, 7) is 0. The molecule has 0 atom stereocenters. The molecule has 1 aromatic carbocycles. The van der Waals surface area contributed by atoms with Crippen LogP contribution in [0.2, 0.25) is 0 Å². The van der Waals surface area contributed by atoms with Gasteiger partial charge in [-0.1, -0.05) is 0 Å². The van der Waals surface area contributed by atoms with E-state index in [4.69, 9.17) is 11.6 Å². The number of alkyl halides is 5. The lowest BCUT2D eigenvalue weighted by atomic mass is 10.1. The first-order chi connectivity index (χ1) is 7.70. The lowest BCUT2D eigenvalue weighted by Gasteiger charge is -2.11. The van der Waals surface area contributed by atoms with Crippen molar-refractivity contribution in [1.82, 2.24) is 0 Å². The number of benzene rings is 1. The van der Waals surface area contributed by atoms with Gasteiger partial charge in [0.05, 0.1) is 0 Å². The molecule has 8 heteroatoms. The zero-order chi connectivity index (χ0) is 13.2.